The third-order valence-electron chi connectivity index (χ3n) is 5.12. The molecular weight excluding hydrogens is 358 g/mol. The van der Waals surface area contributed by atoms with Crippen molar-refractivity contribution < 1.29 is 4.79 Å². The zero-order valence-corrected chi connectivity index (χ0v) is 16.8. The van der Waals surface area contributed by atoms with Crippen LogP contribution in [0.1, 0.15) is 44.6 Å². The Bertz CT molecular complexity index is 793. The number of hydrogen-bond donors (Lipinski definition) is 1. The van der Waals surface area contributed by atoms with E-state index in [1.807, 2.05) is 6.92 Å². The van der Waals surface area contributed by atoms with Gasteiger partial charge in [-0.15, -0.1) is 10.2 Å². The molecule has 1 saturated heterocycles. The lowest BCUT2D eigenvalue weighted by Crippen LogP contribution is -2.33. The first kappa shape index (κ1) is 18.3. The van der Waals surface area contributed by atoms with Crippen LogP contribution in [0, 0.1) is 6.92 Å². The average Bonchev–Trinajstić information content (AvgIpc) is 3.40. The van der Waals surface area contributed by atoms with E-state index in [0.29, 0.717) is 6.04 Å². The van der Waals surface area contributed by atoms with Gasteiger partial charge in [0.1, 0.15) is 0 Å². The Hall–Kier alpha value is -2.02. The Labute approximate surface area is 164 Å². The van der Waals surface area contributed by atoms with E-state index in [1.165, 1.54) is 36.6 Å². The number of piperidine rings is 1. The number of nitrogens with zero attached hydrogens (tertiary/aromatic N) is 4. The molecule has 6 nitrogen and oxygen atoms in total. The molecule has 1 N–H and O–H groups in total. The number of rotatable bonds is 6. The number of aryl methyl sites for hydroxylation is 1. The lowest BCUT2D eigenvalue weighted by Gasteiger charge is -2.28. The Balaban J connectivity index is 1.62. The van der Waals surface area contributed by atoms with Crippen LogP contribution in [0.5, 0.6) is 0 Å². The average molecular weight is 386 g/mol. The van der Waals surface area contributed by atoms with Crippen LogP contribution < -0.4 is 10.2 Å². The number of thioether (sulfide) groups is 1. The van der Waals surface area contributed by atoms with E-state index in [2.05, 4.69) is 56.2 Å². The van der Waals surface area contributed by atoms with Gasteiger partial charge < -0.3 is 10.2 Å². The summed E-state index contributed by atoms with van der Waals surface area (Å²) in [5, 5.41) is 12.6. The Morgan fingerprint density at radius 2 is 1.85 bits per heavy atom. The van der Waals surface area contributed by atoms with E-state index < -0.39 is 0 Å². The molecule has 0 bridgehead atoms. The molecule has 1 unspecified atom stereocenters. The number of carbonyl (C=O) groups is 1. The van der Waals surface area contributed by atoms with Gasteiger partial charge in [0.05, 0.1) is 10.9 Å². The molecule has 0 radical (unpaired) electrons. The van der Waals surface area contributed by atoms with Crippen LogP contribution in [0.4, 0.5) is 5.95 Å². The zero-order chi connectivity index (χ0) is 18.8. The summed E-state index contributed by atoms with van der Waals surface area (Å²) in [6.07, 6.45) is 5.84. The van der Waals surface area contributed by atoms with Gasteiger partial charge in [-0.2, -0.15) is 0 Å². The summed E-state index contributed by atoms with van der Waals surface area (Å²) in [5.74, 6) is 0.969. The smallest absolute Gasteiger partial charge is 0.233 e. The molecule has 1 saturated carbocycles. The first-order valence-electron chi connectivity index (χ1n) is 9.86. The van der Waals surface area contributed by atoms with E-state index in [1.54, 1.807) is 0 Å². The fraction of sp³-hybridized carbons (Fsp3) is 0.550. The van der Waals surface area contributed by atoms with E-state index in [9.17, 15) is 4.79 Å². The van der Waals surface area contributed by atoms with Crippen molar-refractivity contribution in [3.63, 3.8) is 0 Å². The lowest BCUT2D eigenvalue weighted by atomic mass is 10.1. The maximum absolute atomic E-state index is 12.4. The van der Waals surface area contributed by atoms with Crippen molar-refractivity contribution in [1.82, 2.24) is 20.1 Å². The molecule has 1 aliphatic heterocycles. The van der Waals surface area contributed by atoms with Gasteiger partial charge in [0.2, 0.25) is 11.9 Å². The van der Waals surface area contributed by atoms with E-state index >= 15 is 0 Å². The van der Waals surface area contributed by atoms with Crippen LogP contribution in [-0.4, -0.2) is 45.1 Å². The number of carbonyl (C=O) groups excluding carboxylic acids is 1. The summed E-state index contributed by atoms with van der Waals surface area (Å²) in [5.41, 5.74) is 2.27. The highest BCUT2D eigenvalue weighted by Crippen LogP contribution is 2.31. The maximum Gasteiger partial charge on any atom is 0.233 e. The summed E-state index contributed by atoms with van der Waals surface area (Å²) in [7, 11) is 0. The Morgan fingerprint density at radius 1 is 1.15 bits per heavy atom. The number of hydrogen-bond acceptors (Lipinski definition) is 5. The van der Waals surface area contributed by atoms with Crippen molar-refractivity contribution in [3.8, 4) is 5.69 Å². The quantitative estimate of drug-likeness (QED) is 0.773. The third-order valence-corrected chi connectivity index (χ3v) is 6.17. The fourth-order valence-corrected chi connectivity index (χ4v) is 4.19. The molecule has 1 aromatic heterocycles. The van der Waals surface area contributed by atoms with Gasteiger partial charge in [-0.25, -0.2) is 0 Å². The summed E-state index contributed by atoms with van der Waals surface area (Å²) < 4.78 is 2.11. The van der Waals surface area contributed by atoms with E-state index in [0.717, 1.165) is 42.7 Å². The molecule has 144 valence electrons. The number of aromatic nitrogens is 3. The van der Waals surface area contributed by atoms with Crippen LogP contribution in [0.25, 0.3) is 5.69 Å². The molecule has 2 heterocycles. The molecule has 0 spiro atoms. The minimum atomic E-state index is -0.201. The molecule has 27 heavy (non-hydrogen) atoms. The van der Waals surface area contributed by atoms with Crippen molar-refractivity contribution in [2.45, 2.75) is 62.4 Å². The van der Waals surface area contributed by atoms with Gasteiger partial charge in [-0.1, -0.05) is 29.5 Å². The molecular formula is C20H27N5OS. The molecule has 2 aliphatic rings. The molecule has 1 aliphatic carbocycles. The topological polar surface area (TPSA) is 63.1 Å². The van der Waals surface area contributed by atoms with Crippen molar-refractivity contribution in [3.05, 3.63) is 29.8 Å². The van der Waals surface area contributed by atoms with Gasteiger partial charge in [-0.05, 0) is 58.1 Å². The predicted octanol–water partition coefficient (Wildman–Crippen LogP) is 3.33. The Kier molecular flexibility index (Phi) is 5.38. The van der Waals surface area contributed by atoms with Crippen molar-refractivity contribution in [2.75, 3.05) is 18.0 Å². The highest BCUT2D eigenvalue weighted by Gasteiger charge is 2.28. The summed E-state index contributed by atoms with van der Waals surface area (Å²) in [4.78, 5) is 14.7. The number of amides is 1. The van der Waals surface area contributed by atoms with Gasteiger partial charge in [-0.3, -0.25) is 9.36 Å². The molecule has 4 rings (SSSR count). The fourth-order valence-electron chi connectivity index (χ4n) is 3.31. The molecule has 2 aromatic rings. The minimum absolute atomic E-state index is 0.0838. The van der Waals surface area contributed by atoms with E-state index in [-0.39, 0.29) is 11.2 Å². The Morgan fingerprint density at radius 3 is 2.52 bits per heavy atom. The molecule has 2 fully saturated rings. The highest BCUT2D eigenvalue weighted by atomic mass is 32.2. The second-order valence-corrected chi connectivity index (χ2v) is 8.85. The zero-order valence-electron chi connectivity index (χ0n) is 16.0. The molecule has 1 atom stereocenters. The normalized spacial score (nSPS) is 18.4. The highest BCUT2D eigenvalue weighted by molar-refractivity contribution is 8.00. The standard InChI is InChI=1S/C20H27N5OS/c1-14-6-10-17(11-7-14)25-19(24-12-4-3-5-13-24)22-23-20(25)27-15(2)18(26)21-16-8-9-16/h6-7,10-11,15-16H,3-5,8-9,12-13H2,1-2H3,(H,21,26). The second-order valence-electron chi connectivity index (χ2n) is 7.54. The minimum Gasteiger partial charge on any atom is -0.352 e. The lowest BCUT2D eigenvalue weighted by molar-refractivity contribution is -0.120. The monoisotopic (exact) mass is 385 g/mol. The van der Waals surface area contributed by atoms with E-state index in [4.69, 9.17) is 0 Å². The van der Waals surface area contributed by atoms with Crippen LogP contribution in [0.15, 0.2) is 29.4 Å². The van der Waals surface area contributed by atoms with Gasteiger partial charge in [0.25, 0.3) is 0 Å². The van der Waals surface area contributed by atoms with Crippen LogP contribution in [0.3, 0.4) is 0 Å². The SMILES string of the molecule is Cc1ccc(-n2c(SC(C)C(=O)NC3CC3)nnc2N2CCCCC2)cc1. The first-order valence-corrected chi connectivity index (χ1v) is 10.7. The summed E-state index contributed by atoms with van der Waals surface area (Å²) >= 11 is 1.48. The van der Waals surface area contributed by atoms with Crippen LogP contribution in [-0.2, 0) is 4.79 Å². The third kappa shape index (κ3) is 4.29. The van der Waals surface area contributed by atoms with Gasteiger partial charge in [0.15, 0.2) is 5.16 Å². The summed E-state index contributed by atoms with van der Waals surface area (Å²) in [6.45, 7) is 6.04. The summed E-state index contributed by atoms with van der Waals surface area (Å²) in [6, 6.07) is 8.79. The molecule has 7 heteroatoms. The predicted molar refractivity (Wildman–Crippen MR) is 109 cm³/mol. The molecule has 1 aromatic carbocycles. The molecule has 1 amide bonds. The van der Waals surface area contributed by atoms with Gasteiger partial charge in [0, 0.05) is 19.1 Å². The maximum atomic E-state index is 12.4. The van der Waals surface area contributed by atoms with Crippen molar-refractivity contribution in [1.29, 1.82) is 0 Å². The van der Waals surface area contributed by atoms with Crippen LogP contribution >= 0.6 is 11.8 Å². The number of nitrogens with one attached hydrogen (secondary N) is 1. The number of anilines is 1. The van der Waals surface area contributed by atoms with Crippen LogP contribution in [0.2, 0.25) is 0 Å². The van der Waals surface area contributed by atoms with Crippen molar-refractivity contribution >= 4 is 23.6 Å². The first-order chi connectivity index (χ1) is 13.1. The van der Waals surface area contributed by atoms with Crippen molar-refractivity contribution in [2.24, 2.45) is 0 Å². The largest absolute Gasteiger partial charge is 0.352 e. The number of benzene rings is 1. The second kappa shape index (κ2) is 7.92. The van der Waals surface area contributed by atoms with Gasteiger partial charge >= 0.3 is 0 Å².